The molecule has 0 aliphatic carbocycles. The van der Waals surface area contributed by atoms with Gasteiger partial charge in [-0.15, -0.1) is 0 Å². The maximum Gasteiger partial charge on any atom is 0.136 e. The molecule has 0 fully saturated rings. The van der Waals surface area contributed by atoms with Crippen LogP contribution in [0.4, 0.5) is 0 Å². The first-order valence-electron chi connectivity index (χ1n) is 5.33. The highest BCUT2D eigenvalue weighted by Crippen LogP contribution is 2.33. The summed E-state index contributed by atoms with van der Waals surface area (Å²) in [5.74, 6) is 1.11. The first-order valence-corrected chi connectivity index (χ1v) is 5.33. The predicted octanol–water partition coefficient (Wildman–Crippen LogP) is 3.67. The number of carbonyl (C=O) groups excluding carboxylic acids is 1. The number of ketones is 1. The number of carbonyl (C=O) groups is 1. The number of rotatable bonds is 4. The van der Waals surface area contributed by atoms with Crippen molar-refractivity contribution in [3.63, 3.8) is 0 Å². The molecule has 0 saturated heterocycles. The lowest BCUT2D eigenvalue weighted by atomic mass is 9.71. The lowest BCUT2D eigenvalue weighted by Gasteiger charge is -2.32. The first-order chi connectivity index (χ1) is 5.80. The van der Waals surface area contributed by atoms with E-state index >= 15 is 0 Å². The van der Waals surface area contributed by atoms with E-state index in [4.69, 9.17) is 0 Å². The fourth-order valence-electron chi connectivity index (χ4n) is 2.26. The van der Waals surface area contributed by atoms with E-state index in [1.54, 1.807) is 0 Å². The standard InChI is InChI=1S/C12H24O/c1-7-8-10(13)11(9(2)3)12(4,5)6/h9,11H,7-8H2,1-6H3. The van der Waals surface area contributed by atoms with Crippen molar-refractivity contribution in [1.29, 1.82) is 0 Å². The second kappa shape index (κ2) is 4.78. The Morgan fingerprint density at radius 1 is 1.23 bits per heavy atom. The van der Waals surface area contributed by atoms with Crippen molar-refractivity contribution < 1.29 is 4.79 Å². The van der Waals surface area contributed by atoms with E-state index in [-0.39, 0.29) is 11.3 Å². The highest BCUT2D eigenvalue weighted by Gasteiger charge is 2.32. The molecule has 0 aromatic heterocycles. The third-order valence-corrected chi connectivity index (χ3v) is 2.44. The molecule has 0 aromatic carbocycles. The molecule has 1 atom stereocenters. The van der Waals surface area contributed by atoms with Crippen LogP contribution < -0.4 is 0 Å². The Labute approximate surface area is 82.9 Å². The third kappa shape index (κ3) is 3.93. The van der Waals surface area contributed by atoms with Gasteiger partial charge >= 0.3 is 0 Å². The van der Waals surface area contributed by atoms with Gasteiger partial charge < -0.3 is 0 Å². The Bertz CT molecular complexity index is 162. The summed E-state index contributed by atoms with van der Waals surface area (Å²) < 4.78 is 0. The van der Waals surface area contributed by atoms with Gasteiger partial charge in [-0.1, -0.05) is 41.5 Å². The Morgan fingerprint density at radius 3 is 1.92 bits per heavy atom. The fourth-order valence-corrected chi connectivity index (χ4v) is 2.26. The van der Waals surface area contributed by atoms with Crippen molar-refractivity contribution in [3.05, 3.63) is 0 Å². The van der Waals surface area contributed by atoms with E-state index in [0.717, 1.165) is 12.8 Å². The Kier molecular flexibility index (Phi) is 4.66. The Balaban J connectivity index is 4.52. The Hall–Kier alpha value is -0.330. The van der Waals surface area contributed by atoms with Gasteiger partial charge in [-0.3, -0.25) is 4.79 Å². The van der Waals surface area contributed by atoms with E-state index in [2.05, 4.69) is 41.5 Å². The van der Waals surface area contributed by atoms with Crippen LogP contribution in [0.25, 0.3) is 0 Å². The molecular formula is C12H24O. The molecule has 0 N–H and O–H groups in total. The van der Waals surface area contributed by atoms with Crippen molar-refractivity contribution in [2.75, 3.05) is 0 Å². The zero-order chi connectivity index (χ0) is 10.6. The van der Waals surface area contributed by atoms with Gasteiger partial charge in [-0.2, -0.15) is 0 Å². The predicted molar refractivity (Wildman–Crippen MR) is 57.7 cm³/mol. The molecule has 1 nitrogen and oxygen atoms in total. The minimum atomic E-state index is 0.112. The van der Waals surface area contributed by atoms with Crippen LogP contribution in [0.5, 0.6) is 0 Å². The average Bonchev–Trinajstić information content (AvgIpc) is 1.82. The van der Waals surface area contributed by atoms with Crippen molar-refractivity contribution in [2.24, 2.45) is 17.3 Å². The molecule has 0 aliphatic rings. The molecule has 0 aliphatic heterocycles. The van der Waals surface area contributed by atoms with Gasteiger partial charge in [0.1, 0.15) is 5.78 Å². The van der Waals surface area contributed by atoms with E-state index in [9.17, 15) is 4.79 Å². The second-order valence-electron chi connectivity index (χ2n) is 5.30. The molecule has 0 rings (SSSR count). The summed E-state index contributed by atoms with van der Waals surface area (Å²) in [4.78, 5) is 11.8. The second-order valence-corrected chi connectivity index (χ2v) is 5.30. The van der Waals surface area contributed by atoms with Crippen LogP contribution in [0.15, 0.2) is 0 Å². The van der Waals surface area contributed by atoms with Gasteiger partial charge in [0.25, 0.3) is 0 Å². The first kappa shape index (κ1) is 12.7. The summed E-state index contributed by atoms with van der Waals surface area (Å²) in [6.45, 7) is 12.8. The molecule has 0 amide bonds. The minimum absolute atomic E-state index is 0.112. The van der Waals surface area contributed by atoms with Gasteiger partial charge in [0.15, 0.2) is 0 Å². The maximum atomic E-state index is 11.8. The highest BCUT2D eigenvalue weighted by molar-refractivity contribution is 5.81. The van der Waals surface area contributed by atoms with Gasteiger partial charge in [0, 0.05) is 12.3 Å². The van der Waals surface area contributed by atoms with Crippen LogP contribution in [-0.2, 0) is 4.79 Å². The molecule has 1 heteroatoms. The maximum absolute atomic E-state index is 11.8. The monoisotopic (exact) mass is 184 g/mol. The normalized spacial score (nSPS) is 14.7. The molecule has 0 radical (unpaired) electrons. The summed E-state index contributed by atoms with van der Waals surface area (Å²) >= 11 is 0. The lowest BCUT2D eigenvalue weighted by molar-refractivity contribution is -0.127. The molecule has 0 bridgehead atoms. The molecule has 13 heavy (non-hydrogen) atoms. The summed E-state index contributed by atoms with van der Waals surface area (Å²) in [5, 5.41) is 0. The van der Waals surface area contributed by atoms with Crippen LogP contribution >= 0.6 is 0 Å². The van der Waals surface area contributed by atoms with Gasteiger partial charge in [-0.25, -0.2) is 0 Å². The molecule has 78 valence electrons. The largest absolute Gasteiger partial charge is 0.299 e. The fraction of sp³-hybridized carbons (Fsp3) is 0.917. The van der Waals surface area contributed by atoms with Crippen molar-refractivity contribution in [2.45, 2.75) is 54.4 Å². The number of Topliss-reactive ketones (excluding diaryl/α,β-unsaturated/α-hetero) is 1. The zero-order valence-electron chi connectivity index (χ0n) is 9.98. The van der Waals surface area contributed by atoms with Crippen LogP contribution in [0.2, 0.25) is 0 Å². The van der Waals surface area contributed by atoms with Gasteiger partial charge in [0.2, 0.25) is 0 Å². The summed E-state index contributed by atoms with van der Waals surface area (Å²) in [6, 6.07) is 0. The van der Waals surface area contributed by atoms with Crippen LogP contribution in [0, 0.1) is 17.3 Å². The van der Waals surface area contributed by atoms with Crippen molar-refractivity contribution in [1.82, 2.24) is 0 Å². The van der Waals surface area contributed by atoms with Crippen LogP contribution in [-0.4, -0.2) is 5.78 Å². The SMILES string of the molecule is CCCC(=O)C(C(C)C)C(C)(C)C. The topological polar surface area (TPSA) is 17.1 Å². The van der Waals surface area contributed by atoms with Crippen molar-refractivity contribution >= 4 is 5.78 Å². The van der Waals surface area contributed by atoms with Crippen molar-refractivity contribution in [3.8, 4) is 0 Å². The van der Waals surface area contributed by atoms with E-state index in [1.807, 2.05) is 0 Å². The molecule has 0 spiro atoms. The summed E-state index contributed by atoms with van der Waals surface area (Å²) in [7, 11) is 0. The molecular weight excluding hydrogens is 160 g/mol. The molecule has 0 saturated carbocycles. The van der Waals surface area contributed by atoms with E-state index in [0.29, 0.717) is 11.7 Å². The Morgan fingerprint density at radius 2 is 1.69 bits per heavy atom. The third-order valence-electron chi connectivity index (χ3n) is 2.44. The van der Waals surface area contributed by atoms with E-state index in [1.165, 1.54) is 0 Å². The highest BCUT2D eigenvalue weighted by atomic mass is 16.1. The van der Waals surface area contributed by atoms with E-state index < -0.39 is 0 Å². The zero-order valence-corrected chi connectivity index (χ0v) is 9.98. The number of hydrogen-bond acceptors (Lipinski definition) is 1. The average molecular weight is 184 g/mol. The summed E-state index contributed by atoms with van der Waals surface area (Å²) in [5.41, 5.74) is 0.112. The summed E-state index contributed by atoms with van der Waals surface area (Å²) in [6.07, 6.45) is 1.71. The number of hydrogen-bond donors (Lipinski definition) is 0. The quantitative estimate of drug-likeness (QED) is 0.651. The minimum Gasteiger partial charge on any atom is -0.299 e. The van der Waals surface area contributed by atoms with Crippen LogP contribution in [0.3, 0.4) is 0 Å². The van der Waals surface area contributed by atoms with Gasteiger partial charge in [-0.05, 0) is 17.8 Å². The van der Waals surface area contributed by atoms with Crippen LogP contribution in [0.1, 0.15) is 54.4 Å². The molecule has 0 heterocycles. The lowest BCUT2D eigenvalue weighted by Crippen LogP contribution is -2.32. The van der Waals surface area contributed by atoms with Gasteiger partial charge in [0.05, 0.1) is 0 Å². The molecule has 1 unspecified atom stereocenters. The molecule has 0 aromatic rings. The smallest absolute Gasteiger partial charge is 0.136 e.